The van der Waals surface area contributed by atoms with E-state index < -0.39 is 0 Å². The normalized spacial score (nSPS) is 11.4. The van der Waals surface area contributed by atoms with Gasteiger partial charge in [0, 0.05) is 18.5 Å². The maximum atomic E-state index is 12.6. The van der Waals surface area contributed by atoms with Gasteiger partial charge in [0.05, 0.1) is 23.6 Å². The van der Waals surface area contributed by atoms with E-state index in [0.717, 1.165) is 45.2 Å². The molecule has 32 heavy (non-hydrogen) atoms. The van der Waals surface area contributed by atoms with Crippen LogP contribution in [0.25, 0.3) is 21.9 Å². The minimum Gasteiger partial charge on any atom is -0.369 e. The van der Waals surface area contributed by atoms with Gasteiger partial charge in [0.15, 0.2) is 10.8 Å². The molecule has 0 aliphatic rings. The van der Waals surface area contributed by atoms with Gasteiger partial charge < -0.3 is 10.6 Å². The van der Waals surface area contributed by atoms with Crippen LogP contribution in [0.4, 0.5) is 5.82 Å². The molecule has 1 amide bonds. The van der Waals surface area contributed by atoms with Crippen molar-refractivity contribution in [3.63, 3.8) is 0 Å². The first kappa shape index (κ1) is 22.0. The number of hydrogen-bond acceptors (Lipinski definition) is 7. The van der Waals surface area contributed by atoms with Crippen molar-refractivity contribution in [2.24, 2.45) is 5.92 Å². The monoisotopic (exact) mass is 449 g/mol. The van der Waals surface area contributed by atoms with E-state index in [0.29, 0.717) is 24.7 Å². The van der Waals surface area contributed by atoms with E-state index in [4.69, 9.17) is 4.98 Å². The number of fused-ring (bicyclic) bond motifs is 2. The number of aromatic nitrogens is 5. The van der Waals surface area contributed by atoms with E-state index >= 15 is 0 Å². The van der Waals surface area contributed by atoms with Crippen LogP contribution in [0.2, 0.25) is 0 Å². The highest BCUT2D eigenvalue weighted by Gasteiger charge is 2.14. The Morgan fingerprint density at radius 1 is 1.12 bits per heavy atom. The number of thioether (sulfide) groups is 1. The van der Waals surface area contributed by atoms with Gasteiger partial charge in [0.1, 0.15) is 11.5 Å². The van der Waals surface area contributed by atoms with Crippen molar-refractivity contribution in [1.82, 2.24) is 30.0 Å². The zero-order valence-corrected chi connectivity index (χ0v) is 19.3. The summed E-state index contributed by atoms with van der Waals surface area (Å²) >= 11 is 1.60. The highest BCUT2D eigenvalue weighted by Crippen LogP contribution is 2.24. The molecule has 3 heterocycles. The Labute approximate surface area is 191 Å². The molecular formula is C23H27N7OS. The number of pyridine rings is 1. The van der Waals surface area contributed by atoms with Crippen LogP contribution in [0.3, 0.4) is 0 Å². The first-order valence-electron chi connectivity index (χ1n) is 10.8. The molecule has 0 atom stereocenters. The first-order chi connectivity index (χ1) is 15.5. The lowest BCUT2D eigenvalue weighted by Gasteiger charge is -2.11. The number of carbonyl (C=O) groups is 1. The lowest BCUT2D eigenvalue weighted by atomic mass is 10.2. The third-order valence-electron chi connectivity index (χ3n) is 4.87. The Kier molecular flexibility index (Phi) is 6.84. The van der Waals surface area contributed by atoms with Crippen molar-refractivity contribution < 1.29 is 4.79 Å². The number of nitrogens with one attached hydrogen (secondary N) is 2. The second-order valence-corrected chi connectivity index (χ2v) is 9.04. The maximum absolute atomic E-state index is 12.6. The van der Waals surface area contributed by atoms with Crippen LogP contribution < -0.4 is 10.6 Å². The Balaban J connectivity index is 1.47. The molecule has 4 rings (SSSR count). The summed E-state index contributed by atoms with van der Waals surface area (Å²) in [5, 5.41) is 13.5. The van der Waals surface area contributed by atoms with E-state index in [1.807, 2.05) is 35.0 Å². The largest absolute Gasteiger partial charge is 0.369 e. The molecule has 0 spiro atoms. The zero-order chi connectivity index (χ0) is 22.5. The third kappa shape index (κ3) is 4.99. The van der Waals surface area contributed by atoms with Crippen LogP contribution >= 0.6 is 11.8 Å². The van der Waals surface area contributed by atoms with E-state index in [2.05, 4.69) is 46.5 Å². The molecule has 0 unspecified atom stereocenters. The second-order valence-electron chi connectivity index (χ2n) is 7.81. The van der Waals surface area contributed by atoms with Gasteiger partial charge in [-0.15, -0.1) is 0 Å². The van der Waals surface area contributed by atoms with Crippen molar-refractivity contribution in [3.8, 4) is 0 Å². The minimum absolute atomic E-state index is 0.205. The van der Waals surface area contributed by atoms with Gasteiger partial charge in [-0.3, -0.25) is 4.79 Å². The number of benzene rings is 1. The van der Waals surface area contributed by atoms with E-state index in [9.17, 15) is 4.79 Å². The van der Waals surface area contributed by atoms with Crippen molar-refractivity contribution in [2.45, 2.75) is 32.5 Å². The Morgan fingerprint density at radius 2 is 1.97 bits per heavy atom. The highest BCUT2D eigenvalue weighted by atomic mass is 32.2. The summed E-state index contributed by atoms with van der Waals surface area (Å²) in [5.74, 6) is 1.98. The molecule has 166 valence electrons. The van der Waals surface area contributed by atoms with Gasteiger partial charge >= 0.3 is 0 Å². The number of nitrogens with zero attached hydrogens (tertiary/aromatic N) is 5. The van der Waals surface area contributed by atoms with Crippen LogP contribution in [-0.2, 0) is 6.54 Å². The number of anilines is 1. The standard InChI is InChI=1S/C23H27N7OS/c1-4-32-23-28-20(25-13-15(2)3)17-14-26-30(21(17)29-23)12-11-24-22(31)19-10-9-16-7-5-6-8-18(16)27-19/h5-10,14-15H,4,11-13H2,1-3H3,(H,24,31)(H,25,28,29). The number of hydrogen-bond donors (Lipinski definition) is 2. The van der Waals surface area contributed by atoms with Crippen LogP contribution in [0, 0.1) is 5.92 Å². The van der Waals surface area contributed by atoms with E-state index in [-0.39, 0.29) is 5.91 Å². The summed E-state index contributed by atoms with van der Waals surface area (Å²) in [6.45, 7) is 8.13. The summed E-state index contributed by atoms with van der Waals surface area (Å²) in [6.07, 6.45) is 1.78. The lowest BCUT2D eigenvalue weighted by Crippen LogP contribution is -2.28. The zero-order valence-electron chi connectivity index (χ0n) is 18.5. The van der Waals surface area contributed by atoms with Crippen LogP contribution in [0.5, 0.6) is 0 Å². The fourth-order valence-corrected chi connectivity index (χ4v) is 3.85. The summed E-state index contributed by atoms with van der Waals surface area (Å²) in [5.41, 5.74) is 1.97. The quantitative estimate of drug-likeness (QED) is 0.295. The summed E-state index contributed by atoms with van der Waals surface area (Å²) in [6, 6.07) is 11.4. The topological polar surface area (TPSA) is 97.6 Å². The SMILES string of the molecule is CCSc1nc(NCC(C)C)c2cnn(CCNC(=O)c3ccc4ccccc4n3)c2n1. The third-order valence-corrected chi connectivity index (χ3v) is 5.60. The number of amides is 1. The molecule has 0 aliphatic heterocycles. The average Bonchev–Trinajstić information content (AvgIpc) is 3.20. The predicted molar refractivity (Wildman–Crippen MR) is 129 cm³/mol. The molecule has 0 bridgehead atoms. The van der Waals surface area contributed by atoms with E-state index in [1.54, 1.807) is 24.0 Å². The Hall–Kier alpha value is -3.20. The van der Waals surface area contributed by atoms with Crippen LogP contribution in [0.1, 0.15) is 31.3 Å². The van der Waals surface area contributed by atoms with Gasteiger partial charge in [-0.05, 0) is 23.8 Å². The van der Waals surface area contributed by atoms with E-state index in [1.165, 1.54) is 0 Å². The predicted octanol–water partition coefficient (Wildman–Crippen LogP) is 3.98. The fourth-order valence-electron chi connectivity index (χ4n) is 3.29. The highest BCUT2D eigenvalue weighted by molar-refractivity contribution is 7.99. The molecule has 1 aromatic carbocycles. The molecular weight excluding hydrogens is 422 g/mol. The Morgan fingerprint density at radius 3 is 2.78 bits per heavy atom. The average molecular weight is 450 g/mol. The van der Waals surface area contributed by atoms with Gasteiger partial charge in [-0.2, -0.15) is 5.10 Å². The minimum atomic E-state index is -0.205. The molecule has 4 aromatic rings. The second kappa shape index (κ2) is 9.95. The van der Waals surface area contributed by atoms with Crippen molar-refractivity contribution in [2.75, 3.05) is 24.2 Å². The van der Waals surface area contributed by atoms with Crippen LogP contribution in [-0.4, -0.2) is 49.5 Å². The number of rotatable bonds is 9. The van der Waals surface area contributed by atoms with Crippen LogP contribution in [0.15, 0.2) is 47.8 Å². The van der Waals surface area contributed by atoms with Crippen molar-refractivity contribution >= 4 is 45.4 Å². The van der Waals surface area contributed by atoms with Gasteiger partial charge in [-0.1, -0.05) is 56.8 Å². The first-order valence-corrected chi connectivity index (χ1v) is 11.8. The maximum Gasteiger partial charge on any atom is 0.269 e. The molecule has 0 saturated heterocycles. The van der Waals surface area contributed by atoms with Crippen molar-refractivity contribution in [1.29, 1.82) is 0 Å². The molecule has 0 radical (unpaired) electrons. The summed E-state index contributed by atoms with van der Waals surface area (Å²) in [7, 11) is 0. The Bertz CT molecular complexity index is 1240. The molecule has 0 aliphatic carbocycles. The summed E-state index contributed by atoms with van der Waals surface area (Å²) < 4.78 is 1.81. The molecule has 9 heteroatoms. The molecule has 0 fully saturated rings. The fraction of sp³-hybridized carbons (Fsp3) is 0.348. The van der Waals surface area contributed by atoms with Gasteiger partial charge in [0.2, 0.25) is 0 Å². The molecule has 3 aromatic heterocycles. The van der Waals surface area contributed by atoms with Crippen molar-refractivity contribution in [3.05, 3.63) is 48.3 Å². The van der Waals surface area contributed by atoms with Gasteiger partial charge in [-0.25, -0.2) is 19.6 Å². The number of para-hydroxylation sites is 1. The molecule has 8 nitrogen and oxygen atoms in total. The lowest BCUT2D eigenvalue weighted by molar-refractivity contribution is 0.0947. The molecule has 2 N–H and O–H groups in total. The van der Waals surface area contributed by atoms with Gasteiger partial charge in [0.25, 0.3) is 5.91 Å². The smallest absolute Gasteiger partial charge is 0.269 e. The summed E-state index contributed by atoms with van der Waals surface area (Å²) in [4.78, 5) is 26.4. The molecule has 0 saturated carbocycles. The number of carbonyl (C=O) groups excluding carboxylic acids is 1.